The van der Waals surface area contributed by atoms with Crippen molar-refractivity contribution in [3.8, 4) is 11.5 Å². The zero-order valence-electron chi connectivity index (χ0n) is 17.2. The molecule has 1 fully saturated rings. The van der Waals surface area contributed by atoms with E-state index in [1.165, 1.54) is 44.9 Å². The fourth-order valence-electron chi connectivity index (χ4n) is 3.73. The Balaban J connectivity index is 0.00000320. The highest BCUT2D eigenvalue weighted by atomic mass is 35.5. The lowest BCUT2D eigenvalue weighted by molar-refractivity contribution is 0.284. The van der Waals surface area contributed by atoms with Crippen LogP contribution in [-0.4, -0.2) is 13.2 Å². The maximum Gasteiger partial charge on any atom is 0.180 e. The van der Waals surface area contributed by atoms with Gasteiger partial charge in [-0.25, -0.2) is 0 Å². The average molecular weight is 493 g/mol. The monoisotopic (exact) mass is 491 g/mol. The summed E-state index contributed by atoms with van der Waals surface area (Å²) in [4.78, 5) is 0. The van der Waals surface area contributed by atoms with Gasteiger partial charge in [0.15, 0.2) is 11.5 Å². The van der Waals surface area contributed by atoms with Crippen molar-refractivity contribution < 1.29 is 9.47 Å². The first-order valence-corrected chi connectivity index (χ1v) is 11.4. The Bertz CT molecular complexity index is 808. The summed E-state index contributed by atoms with van der Waals surface area (Å²) in [6, 6.07) is 9.83. The molecule has 30 heavy (non-hydrogen) atoms. The van der Waals surface area contributed by atoms with E-state index in [2.05, 4.69) is 5.32 Å². The van der Waals surface area contributed by atoms with Crippen LogP contribution in [-0.2, 0) is 13.2 Å². The molecule has 0 saturated heterocycles. The molecule has 0 heterocycles. The molecule has 0 bridgehead atoms. The summed E-state index contributed by atoms with van der Waals surface area (Å²) in [6.07, 6.45) is 9.18. The molecule has 0 atom stereocenters. The molecule has 0 radical (unpaired) electrons. The summed E-state index contributed by atoms with van der Waals surface area (Å²) in [6.45, 7) is 1.05. The summed E-state index contributed by atoms with van der Waals surface area (Å²) < 4.78 is 11.5. The first-order chi connectivity index (χ1) is 14.1. The van der Waals surface area contributed by atoms with Gasteiger partial charge in [-0.3, -0.25) is 0 Å². The minimum absolute atomic E-state index is 0. The van der Waals surface area contributed by atoms with Crippen LogP contribution in [0.3, 0.4) is 0 Å². The van der Waals surface area contributed by atoms with Crippen LogP contribution in [0.5, 0.6) is 11.5 Å². The first kappa shape index (κ1) is 25.4. The van der Waals surface area contributed by atoms with Crippen molar-refractivity contribution in [3.05, 3.63) is 56.5 Å². The van der Waals surface area contributed by atoms with E-state index in [9.17, 15) is 0 Å². The van der Waals surface area contributed by atoms with E-state index in [1.807, 2.05) is 18.2 Å². The van der Waals surface area contributed by atoms with E-state index < -0.39 is 0 Å². The van der Waals surface area contributed by atoms with Gasteiger partial charge in [0.2, 0.25) is 0 Å². The molecule has 0 aliphatic heterocycles. The lowest BCUT2D eigenvalue weighted by Crippen LogP contribution is -2.29. The fourth-order valence-corrected chi connectivity index (χ4v) is 4.48. The predicted octanol–water partition coefficient (Wildman–Crippen LogP) is 7.86. The molecule has 1 aliphatic carbocycles. The highest BCUT2D eigenvalue weighted by molar-refractivity contribution is 6.35. The summed E-state index contributed by atoms with van der Waals surface area (Å²) in [7, 11) is 1.62. The Morgan fingerprint density at radius 2 is 1.63 bits per heavy atom. The van der Waals surface area contributed by atoms with Crippen molar-refractivity contribution in [2.45, 2.75) is 64.1 Å². The van der Waals surface area contributed by atoms with Gasteiger partial charge in [0.05, 0.1) is 12.1 Å². The van der Waals surface area contributed by atoms with Gasteiger partial charge in [0.1, 0.15) is 6.61 Å². The van der Waals surface area contributed by atoms with E-state index in [4.69, 9.17) is 44.3 Å². The molecule has 1 aliphatic rings. The van der Waals surface area contributed by atoms with Crippen molar-refractivity contribution in [2.75, 3.05) is 7.11 Å². The minimum atomic E-state index is 0. The van der Waals surface area contributed by atoms with E-state index in [-0.39, 0.29) is 19.0 Å². The second-order valence-electron chi connectivity index (χ2n) is 7.56. The number of halogens is 4. The second-order valence-corrected chi connectivity index (χ2v) is 8.81. The lowest BCUT2D eigenvalue weighted by Gasteiger charge is -2.21. The highest BCUT2D eigenvalue weighted by Gasteiger charge is 2.15. The lowest BCUT2D eigenvalue weighted by atomic mass is 9.96. The van der Waals surface area contributed by atoms with Crippen molar-refractivity contribution >= 4 is 47.2 Å². The molecule has 0 spiro atoms. The van der Waals surface area contributed by atoms with Crippen LogP contribution in [0.2, 0.25) is 15.1 Å². The Morgan fingerprint density at radius 1 is 0.933 bits per heavy atom. The zero-order valence-corrected chi connectivity index (χ0v) is 20.3. The summed E-state index contributed by atoms with van der Waals surface area (Å²) in [5.74, 6) is 1.15. The summed E-state index contributed by atoms with van der Waals surface area (Å²) in [5, 5.41) is 5.38. The molecular formula is C23H29Cl4NO2. The standard InChI is InChI=1S/C23H28Cl3NO2.ClH/c1-28-22-12-16(14-27-19-7-5-3-2-4-6-8-19)11-21(26)23(22)29-15-17-9-10-18(24)13-20(17)25;/h9-13,19,27H,2-8,14-15H2,1H3;1H. The Hall–Kier alpha value is -0.840. The molecule has 166 valence electrons. The van der Waals surface area contributed by atoms with Crippen LogP contribution in [0.25, 0.3) is 0 Å². The molecule has 7 heteroatoms. The maximum absolute atomic E-state index is 6.53. The Kier molecular flexibility index (Phi) is 10.9. The van der Waals surface area contributed by atoms with Gasteiger partial charge in [-0.1, -0.05) is 73.0 Å². The summed E-state index contributed by atoms with van der Waals surface area (Å²) in [5.41, 5.74) is 1.93. The van der Waals surface area contributed by atoms with Gasteiger partial charge in [0.25, 0.3) is 0 Å². The van der Waals surface area contributed by atoms with Gasteiger partial charge >= 0.3 is 0 Å². The fraction of sp³-hybridized carbons (Fsp3) is 0.478. The molecule has 2 aromatic carbocycles. The molecule has 0 aromatic heterocycles. The number of nitrogens with one attached hydrogen (secondary N) is 1. The highest BCUT2D eigenvalue weighted by Crippen LogP contribution is 2.37. The van der Waals surface area contributed by atoms with Gasteiger partial charge in [0, 0.05) is 28.2 Å². The zero-order chi connectivity index (χ0) is 20.6. The van der Waals surface area contributed by atoms with E-state index in [0.717, 1.165) is 17.7 Å². The quantitative estimate of drug-likeness (QED) is 0.426. The molecule has 1 saturated carbocycles. The summed E-state index contributed by atoms with van der Waals surface area (Å²) >= 11 is 18.7. The van der Waals surface area contributed by atoms with Crippen LogP contribution in [0.15, 0.2) is 30.3 Å². The number of hydrogen-bond donors (Lipinski definition) is 1. The van der Waals surface area contributed by atoms with Gasteiger partial charge in [-0.15, -0.1) is 12.4 Å². The van der Waals surface area contributed by atoms with Crippen molar-refractivity contribution in [2.24, 2.45) is 0 Å². The first-order valence-electron chi connectivity index (χ1n) is 10.2. The van der Waals surface area contributed by atoms with Crippen LogP contribution in [0.4, 0.5) is 0 Å². The SMILES string of the molecule is COc1cc(CNC2CCCCCCC2)cc(Cl)c1OCc1ccc(Cl)cc1Cl.Cl. The molecular weight excluding hydrogens is 464 g/mol. The second kappa shape index (κ2) is 12.9. The largest absolute Gasteiger partial charge is 0.493 e. The third-order valence-corrected chi connectivity index (χ3v) is 6.24. The maximum atomic E-state index is 6.53. The van der Waals surface area contributed by atoms with Crippen molar-refractivity contribution in [3.63, 3.8) is 0 Å². The minimum Gasteiger partial charge on any atom is -0.493 e. The Morgan fingerprint density at radius 3 is 2.30 bits per heavy atom. The average Bonchev–Trinajstić information content (AvgIpc) is 2.67. The smallest absolute Gasteiger partial charge is 0.180 e. The van der Waals surface area contributed by atoms with Crippen molar-refractivity contribution in [1.29, 1.82) is 0 Å². The molecule has 3 nitrogen and oxygen atoms in total. The molecule has 3 rings (SSSR count). The molecule has 0 unspecified atom stereocenters. The normalized spacial score (nSPS) is 15.1. The number of hydrogen-bond acceptors (Lipinski definition) is 3. The van der Waals surface area contributed by atoms with Gasteiger partial charge < -0.3 is 14.8 Å². The number of methoxy groups -OCH3 is 1. The van der Waals surface area contributed by atoms with Gasteiger partial charge in [-0.05, 0) is 42.7 Å². The number of benzene rings is 2. The van der Waals surface area contributed by atoms with Gasteiger partial charge in [-0.2, -0.15) is 0 Å². The van der Waals surface area contributed by atoms with Crippen LogP contribution in [0, 0.1) is 0 Å². The third kappa shape index (κ3) is 7.39. The van der Waals surface area contributed by atoms with E-state index in [0.29, 0.717) is 32.6 Å². The number of rotatable bonds is 7. The third-order valence-electron chi connectivity index (χ3n) is 5.38. The molecule has 0 amide bonds. The van der Waals surface area contributed by atoms with Crippen LogP contribution < -0.4 is 14.8 Å². The molecule has 2 aromatic rings. The predicted molar refractivity (Wildman–Crippen MR) is 129 cm³/mol. The van der Waals surface area contributed by atoms with E-state index >= 15 is 0 Å². The van der Waals surface area contributed by atoms with E-state index in [1.54, 1.807) is 19.2 Å². The van der Waals surface area contributed by atoms with Crippen LogP contribution in [0.1, 0.15) is 56.1 Å². The number of ether oxygens (including phenoxy) is 2. The Labute approximate surface area is 200 Å². The van der Waals surface area contributed by atoms with Crippen LogP contribution >= 0.6 is 47.2 Å². The van der Waals surface area contributed by atoms with Crippen molar-refractivity contribution in [1.82, 2.24) is 5.32 Å². The topological polar surface area (TPSA) is 30.5 Å². The molecule has 1 N–H and O–H groups in total.